The zero-order valence-electron chi connectivity index (χ0n) is 12.3. The normalized spacial score (nSPS) is 11.1. The molecule has 0 saturated carbocycles. The standard InChI is InChI=1S/C17H14N4OS/c1-2-6-12(7-3-1)10-15-20-16(22-21-15)11-23-17-18-13-8-4-5-9-14(13)19-17/h1-9H,10-11H2,(H,18,19). The van der Waals surface area contributed by atoms with Crippen LogP contribution in [0.1, 0.15) is 17.3 Å². The van der Waals surface area contributed by atoms with Crippen LogP contribution in [0.5, 0.6) is 0 Å². The summed E-state index contributed by atoms with van der Waals surface area (Å²) in [5.74, 6) is 1.92. The van der Waals surface area contributed by atoms with Crippen LogP contribution in [0.2, 0.25) is 0 Å². The summed E-state index contributed by atoms with van der Waals surface area (Å²) in [5.41, 5.74) is 3.17. The summed E-state index contributed by atoms with van der Waals surface area (Å²) in [7, 11) is 0. The Hall–Kier alpha value is -2.60. The first-order chi connectivity index (χ1) is 11.4. The van der Waals surface area contributed by atoms with Crippen LogP contribution in [-0.4, -0.2) is 20.1 Å². The number of imidazole rings is 1. The minimum absolute atomic E-state index is 0.599. The van der Waals surface area contributed by atoms with Gasteiger partial charge in [0.05, 0.1) is 16.8 Å². The van der Waals surface area contributed by atoms with Crippen molar-refractivity contribution in [3.8, 4) is 0 Å². The lowest BCUT2D eigenvalue weighted by Crippen LogP contribution is -1.90. The molecule has 2 heterocycles. The van der Waals surface area contributed by atoms with Crippen molar-refractivity contribution in [3.05, 3.63) is 71.9 Å². The Bertz CT molecular complexity index is 883. The molecule has 4 rings (SSSR count). The topological polar surface area (TPSA) is 67.6 Å². The Morgan fingerprint density at radius 1 is 0.957 bits per heavy atom. The number of nitrogens with one attached hydrogen (secondary N) is 1. The Kier molecular flexibility index (Phi) is 3.81. The number of aromatic amines is 1. The smallest absolute Gasteiger partial charge is 0.237 e. The lowest BCUT2D eigenvalue weighted by molar-refractivity contribution is 0.385. The molecule has 1 N–H and O–H groups in total. The average Bonchev–Trinajstić information content (AvgIpc) is 3.20. The molecule has 2 aromatic carbocycles. The Labute approximate surface area is 137 Å². The van der Waals surface area contributed by atoms with E-state index in [0.717, 1.165) is 16.2 Å². The van der Waals surface area contributed by atoms with Crippen molar-refractivity contribution in [1.82, 2.24) is 20.1 Å². The molecular formula is C17H14N4OS. The van der Waals surface area contributed by atoms with Gasteiger partial charge in [0.25, 0.3) is 0 Å². The van der Waals surface area contributed by atoms with Crippen molar-refractivity contribution < 1.29 is 4.52 Å². The number of aromatic nitrogens is 4. The van der Waals surface area contributed by atoms with E-state index in [-0.39, 0.29) is 0 Å². The maximum Gasteiger partial charge on any atom is 0.237 e. The summed E-state index contributed by atoms with van der Waals surface area (Å²) in [6.45, 7) is 0. The quantitative estimate of drug-likeness (QED) is 0.566. The zero-order chi connectivity index (χ0) is 15.5. The second-order valence-electron chi connectivity index (χ2n) is 5.11. The molecule has 2 aromatic heterocycles. The molecule has 0 unspecified atom stereocenters. The first-order valence-corrected chi connectivity index (χ1v) is 8.28. The van der Waals surface area contributed by atoms with Crippen molar-refractivity contribution in [2.24, 2.45) is 0 Å². The minimum Gasteiger partial charge on any atom is -0.338 e. The summed E-state index contributed by atoms with van der Waals surface area (Å²) in [4.78, 5) is 12.2. The van der Waals surface area contributed by atoms with Gasteiger partial charge in [-0.05, 0) is 17.7 Å². The van der Waals surface area contributed by atoms with Crippen LogP contribution in [-0.2, 0) is 12.2 Å². The number of thioether (sulfide) groups is 1. The first-order valence-electron chi connectivity index (χ1n) is 7.30. The van der Waals surface area contributed by atoms with Crippen LogP contribution >= 0.6 is 11.8 Å². The third-order valence-corrected chi connectivity index (χ3v) is 4.27. The van der Waals surface area contributed by atoms with Gasteiger partial charge in [0.1, 0.15) is 0 Å². The van der Waals surface area contributed by atoms with Crippen molar-refractivity contribution >= 4 is 22.8 Å². The predicted octanol–water partition coefficient (Wildman–Crippen LogP) is 3.83. The largest absolute Gasteiger partial charge is 0.338 e. The second-order valence-corrected chi connectivity index (χ2v) is 6.08. The highest BCUT2D eigenvalue weighted by molar-refractivity contribution is 7.98. The van der Waals surface area contributed by atoms with Gasteiger partial charge in [0.2, 0.25) is 5.89 Å². The van der Waals surface area contributed by atoms with E-state index in [1.165, 1.54) is 5.56 Å². The van der Waals surface area contributed by atoms with Crippen LogP contribution < -0.4 is 0 Å². The maximum absolute atomic E-state index is 5.31. The number of benzene rings is 2. The molecule has 114 valence electrons. The molecule has 5 nitrogen and oxygen atoms in total. The fourth-order valence-corrected chi connectivity index (χ4v) is 3.05. The van der Waals surface area contributed by atoms with Crippen LogP contribution in [0.25, 0.3) is 11.0 Å². The molecule has 0 amide bonds. The van der Waals surface area contributed by atoms with Gasteiger partial charge in [-0.25, -0.2) is 4.98 Å². The molecule has 23 heavy (non-hydrogen) atoms. The van der Waals surface area contributed by atoms with Crippen molar-refractivity contribution in [2.45, 2.75) is 17.3 Å². The number of hydrogen-bond donors (Lipinski definition) is 1. The number of H-pyrrole nitrogens is 1. The number of rotatable bonds is 5. The zero-order valence-corrected chi connectivity index (χ0v) is 13.1. The summed E-state index contributed by atoms with van der Waals surface area (Å²) in [5, 5.41) is 4.89. The van der Waals surface area contributed by atoms with Crippen LogP contribution in [0.15, 0.2) is 64.3 Å². The second kappa shape index (κ2) is 6.26. The van der Waals surface area contributed by atoms with Gasteiger partial charge in [-0.15, -0.1) is 0 Å². The molecule has 0 spiro atoms. The highest BCUT2D eigenvalue weighted by Crippen LogP contribution is 2.22. The highest BCUT2D eigenvalue weighted by atomic mass is 32.2. The van der Waals surface area contributed by atoms with Gasteiger partial charge in [0.15, 0.2) is 11.0 Å². The van der Waals surface area contributed by atoms with Crippen LogP contribution in [0, 0.1) is 0 Å². The van der Waals surface area contributed by atoms with Gasteiger partial charge in [-0.1, -0.05) is 59.4 Å². The first kappa shape index (κ1) is 14.0. The third-order valence-electron chi connectivity index (χ3n) is 3.42. The fraction of sp³-hybridized carbons (Fsp3) is 0.118. The molecule has 0 bridgehead atoms. The average molecular weight is 322 g/mol. The van der Waals surface area contributed by atoms with Crippen molar-refractivity contribution in [3.63, 3.8) is 0 Å². The summed E-state index contributed by atoms with van der Waals surface area (Å²) < 4.78 is 5.31. The number of para-hydroxylation sites is 2. The molecular weight excluding hydrogens is 308 g/mol. The molecule has 0 saturated heterocycles. The SMILES string of the molecule is c1ccc(Cc2noc(CSc3nc4ccccc4[nH]3)n2)cc1. The monoisotopic (exact) mass is 322 g/mol. The van der Waals surface area contributed by atoms with E-state index >= 15 is 0 Å². The summed E-state index contributed by atoms with van der Waals surface area (Å²) in [6, 6.07) is 18.1. The predicted molar refractivity (Wildman–Crippen MR) is 89.2 cm³/mol. The Balaban J connectivity index is 1.41. The lowest BCUT2D eigenvalue weighted by Gasteiger charge is -1.94. The van der Waals surface area contributed by atoms with E-state index in [2.05, 4.69) is 32.2 Å². The maximum atomic E-state index is 5.31. The van der Waals surface area contributed by atoms with E-state index in [9.17, 15) is 0 Å². The third kappa shape index (κ3) is 3.27. The molecule has 0 aliphatic rings. The number of nitrogens with zero attached hydrogens (tertiary/aromatic N) is 3. The van der Waals surface area contributed by atoms with Crippen molar-refractivity contribution in [2.75, 3.05) is 0 Å². The van der Waals surface area contributed by atoms with E-state index in [1.807, 2.05) is 42.5 Å². The van der Waals surface area contributed by atoms with E-state index < -0.39 is 0 Å². The van der Waals surface area contributed by atoms with E-state index in [1.54, 1.807) is 11.8 Å². The summed E-state index contributed by atoms with van der Waals surface area (Å²) in [6.07, 6.45) is 0.680. The molecule has 0 atom stereocenters. The molecule has 0 radical (unpaired) electrons. The van der Waals surface area contributed by atoms with Crippen LogP contribution in [0.3, 0.4) is 0 Å². The summed E-state index contributed by atoms with van der Waals surface area (Å²) >= 11 is 1.56. The molecule has 0 fully saturated rings. The van der Waals surface area contributed by atoms with E-state index in [4.69, 9.17) is 4.52 Å². The van der Waals surface area contributed by atoms with Crippen LogP contribution in [0.4, 0.5) is 0 Å². The lowest BCUT2D eigenvalue weighted by atomic mass is 10.1. The van der Waals surface area contributed by atoms with Gasteiger partial charge >= 0.3 is 0 Å². The minimum atomic E-state index is 0.599. The van der Waals surface area contributed by atoms with Crippen molar-refractivity contribution in [1.29, 1.82) is 0 Å². The Morgan fingerprint density at radius 3 is 2.65 bits per heavy atom. The van der Waals surface area contributed by atoms with Gasteiger partial charge in [-0.3, -0.25) is 0 Å². The van der Waals surface area contributed by atoms with Gasteiger partial charge in [-0.2, -0.15) is 4.98 Å². The van der Waals surface area contributed by atoms with E-state index in [0.29, 0.717) is 23.9 Å². The van der Waals surface area contributed by atoms with Gasteiger partial charge in [0, 0.05) is 6.42 Å². The highest BCUT2D eigenvalue weighted by Gasteiger charge is 2.09. The molecule has 6 heteroatoms. The van der Waals surface area contributed by atoms with Gasteiger partial charge < -0.3 is 9.51 Å². The number of hydrogen-bond acceptors (Lipinski definition) is 5. The fourth-order valence-electron chi connectivity index (χ4n) is 2.33. The molecule has 4 aromatic rings. The molecule has 0 aliphatic heterocycles. The molecule has 0 aliphatic carbocycles. The number of fused-ring (bicyclic) bond motifs is 1. The Morgan fingerprint density at radius 2 is 1.78 bits per heavy atom.